The van der Waals surface area contributed by atoms with Crippen molar-refractivity contribution in [2.45, 2.75) is 0 Å². The second-order valence-electron chi connectivity index (χ2n) is 7.81. The van der Waals surface area contributed by atoms with Crippen LogP contribution in [0.5, 0.6) is 40.2 Å². The summed E-state index contributed by atoms with van der Waals surface area (Å²) in [6, 6.07) is 12.0. The number of carbonyl (C=O) groups excluding carboxylic acids is 1. The van der Waals surface area contributed by atoms with Gasteiger partial charge in [0.1, 0.15) is 0 Å². The van der Waals surface area contributed by atoms with Crippen LogP contribution in [0.1, 0.15) is 16.7 Å². The number of hydrogen-bond donors (Lipinski definition) is 2. The van der Waals surface area contributed by atoms with Crippen molar-refractivity contribution in [2.75, 3.05) is 48.0 Å². The molecule has 9 nitrogen and oxygen atoms in total. The fraction of sp³-hybridized carbons (Fsp3) is 0.207. The van der Waals surface area contributed by atoms with Crippen LogP contribution in [0.2, 0.25) is 0 Å². The number of rotatable bonds is 11. The first-order valence-electron chi connectivity index (χ1n) is 11.5. The molecule has 0 aliphatic rings. The third-order valence-corrected chi connectivity index (χ3v) is 5.60. The van der Waals surface area contributed by atoms with Crippen LogP contribution in [-0.4, -0.2) is 53.7 Å². The Kier molecular flexibility index (Phi) is 9.48. The lowest BCUT2D eigenvalue weighted by Crippen LogP contribution is -2.10. The van der Waals surface area contributed by atoms with Gasteiger partial charge in [0.2, 0.25) is 11.7 Å². The Hall–Kier alpha value is -4.79. The molecule has 0 radical (unpaired) electrons. The van der Waals surface area contributed by atoms with Gasteiger partial charge in [-0.3, -0.25) is 4.79 Å². The molecule has 0 aliphatic carbocycles. The van der Waals surface area contributed by atoms with Crippen LogP contribution in [0.25, 0.3) is 18.2 Å². The molecule has 38 heavy (non-hydrogen) atoms. The van der Waals surface area contributed by atoms with Crippen molar-refractivity contribution in [3.8, 4) is 40.2 Å². The van der Waals surface area contributed by atoms with Gasteiger partial charge >= 0.3 is 0 Å². The molecule has 0 unspecified atom stereocenters. The minimum Gasteiger partial charge on any atom is -0.504 e. The number of anilines is 1. The summed E-state index contributed by atoms with van der Waals surface area (Å²) in [6.07, 6.45) is 6.59. The largest absolute Gasteiger partial charge is 0.504 e. The quantitative estimate of drug-likeness (QED) is 0.260. The number of methoxy groups -OCH3 is 6. The lowest BCUT2D eigenvalue weighted by Gasteiger charge is -2.14. The molecule has 2 N–H and O–H groups in total. The number of aromatic hydroxyl groups is 1. The van der Waals surface area contributed by atoms with Crippen LogP contribution in [0.15, 0.2) is 48.5 Å². The summed E-state index contributed by atoms with van der Waals surface area (Å²) in [7, 11) is 9.12. The maximum atomic E-state index is 12.8. The first-order valence-corrected chi connectivity index (χ1v) is 11.5. The molecule has 200 valence electrons. The van der Waals surface area contributed by atoms with E-state index in [2.05, 4.69) is 5.32 Å². The summed E-state index contributed by atoms with van der Waals surface area (Å²) in [6.45, 7) is 0. The molecule has 0 saturated carbocycles. The molecule has 3 aromatic rings. The molecule has 0 spiro atoms. The Morgan fingerprint density at radius 2 is 1.26 bits per heavy atom. The molecule has 0 atom stereocenters. The molecule has 1 amide bonds. The predicted molar refractivity (Wildman–Crippen MR) is 147 cm³/mol. The molecule has 0 aliphatic heterocycles. The van der Waals surface area contributed by atoms with Gasteiger partial charge in [0.25, 0.3) is 0 Å². The Labute approximate surface area is 221 Å². The molecule has 3 aromatic carbocycles. The molecule has 3 rings (SSSR count). The van der Waals surface area contributed by atoms with Crippen molar-refractivity contribution >= 4 is 29.8 Å². The van der Waals surface area contributed by atoms with E-state index in [-0.39, 0.29) is 11.5 Å². The fourth-order valence-electron chi connectivity index (χ4n) is 3.74. The van der Waals surface area contributed by atoms with Crippen LogP contribution < -0.4 is 33.7 Å². The average molecular weight is 522 g/mol. The summed E-state index contributed by atoms with van der Waals surface area (Å²) in [5.74, 6) is 2.21. The highest BCUT2D eigenvalue weighted by Gasteiger charge is 2.16. The first-order chi connectivity index (χ1) is 18.4. The van der Waals surface area contributed by atoms with Crippen LogP contribution >= 0.6 is 0 Å². The van der Waals surface area contributed by atoms with E-state index in [1.54, 1.807) is 77.0 Å². The van der Waals surface area contributed by atoms with Gasteiger partial charge in [0.15, 0.2) is 34.5 Å². The number of amides is 1. The maximum absolute atomic E-state index is 12.8. The zero-order chi connectivity index (χ0) is 27.7. The van der Waals surface area contributed by atoms with E-state index < -0.39 is 5.91 Å². The Morgan fingerprint density at radius 3 is 1.84 bits per heavy atom. The van der Waals surface area contributed by atoms with E-state index in [1.165, 1.54) is 26.4 Å². The van der Waals surface area contributed by atoms with Crippen molar-refractivity contribution in [1.29, 1.82) is 0 Å². The molecule has 0 saturated heterocycles. The molecular weight excluding hydrogens is 490 g/mol. The van der Waals surface area contributed by atoms with E-state index in [4.69, 9.17) is 28.4 Å². The normalized spacial score (nSPS) is 10.9. The van der Waals surface area contributed by atoms with Gasteiger partial charge in [-0.05, 0) is 53.6 Å². The van der Waals surface area contributed by atoms with E-state index in [0.29, 0.717) is 40.0 Å². The minimum atomic E-state index is -0.425. The Balaban J connectivity index is 1.92. The van der Waals surface area contributed by atoms with Crippen LogP contribution in [0, 0.1) is 0 Å². The highest BCUT2D eigenvalue weighted by molar-refractivity contribution is 6.04. The highest BCUT2D eigenvalue weighted by atomic mass is 16.5. The SMILES string of the molecule is COc1ccc(/C=C/C(=O)Nc2c(/C=C/c3cc(OC)c(OC)c(OC)c3)ccc(O)c2OC)cc1OC. The first kappa shape index (κ1) is 27.8. The van der Waals surface area contributed by atoms with Gasteiger partial charge < -0.3 is 38.8 Å². The smallest absolute Gasteiger partial charge is 0.248 e. The van der Waals surface area contributed by atoms with Crippen LogP contribution in [0.4, 0.5) is 5.69 Å². The van der Waals surface area contributed by atoms with E-state index >= 15 is 0 Å². The summed E-state index contributed by atoms with van der Waals surface area (Å²) in [5, 5.41) is 13.1. The van der Waals surface area contributed by atoms with Gasteiger partial charge in [0, 0.05) is 11.6 Å². The molecule has 0 fully saturated rings. The zero-order valence-electron chi connectivity index (χ0n) is 22.2. The van der Waals surface area contributed by atoms with Crippen LogP contribution in [-0.2, 0) is 4.79 Å². The number of carbonyl (C=O) groups is 1. The number of phenolic OH excluding ortho intramolecular Hbond substituents is 1. The van der Waals surface area contributed by atoms with Crippen LogP contribution in [0.3, 0.4) is 0 Å². The number of hydrogen-bond acceptors (Lipinski definition) is 8. The zero-order valence-corrected chi connectivity index (χ0v) is 22.2. The summed E-state index contributed by atoms with van der Waals surface area (Å²) < 4.78 is 32.2. The van der Waals surface area contributed by atoms with E-state index in [1.807, 2.05) is 6.08 Å². The van der Waals surface area contributed by atoms with Gasteiger partial charge in [-0.1, -0.05) is 18.2 Å². The Morgan fingerprint density at radius 1 is 0.658 bits per heavy atom. The average Bonchev–Trinajstić information content (AvgIpc) is 2.94. The third-order valence-electron chi connectivity index (χ3n) is 5.60. The second kappa shape index (κ2) is 13.0. The van der Waals surface area contributed by atoms with Gasteiger partial charge in [0.05, 0.1) is 48.3 Å². The second-order valence-corrected chi connectivity index (χ2v) is 7.81. The predicted octanol–water partition coefficient (Wildman–Crippen LogP) is 5.27. The molecule has 9 heteroatoms. The number of phenols is 1. The topological polar surface area (TPSA) is 105 Å². The maximum Gasteiger partial charge on any atom is 0.248 e. The molecule has 0 bridgehead atoms. The van der Waals surface area contributed by atoms with Gasteiger partial charge in [-0.2, -0.15) is 0 Å². The van der Waals surface area contributed by atoms with Crippen molar-refractivity contribution in [1.82, 2.24) is 0 Å². The lowest BCUT2D eigenvalue weighted by atomic mass is 10.1. The van der Waals surface area contributed by atoms with E-state index in [9.17, 15) is 9.90 Å². The molecule has 0 aromatic heterocycles. The summed E-state index contributed by atoms with van der Waals surface area (Å²) in [4.78, 5) is 12.8. The standard InChI is InChI=1S/C29H31NO8/c1-33-22-13-8-18(15-23(22)34-2)9-14-26(32)30-27-20(11-12-21(31)28(27)37-5)10-7-19-16-24(35-3)29(38-6)25(17-19)36-4/h7-17,31H,1-6H3,(H,30,32)/b10-7+,14-9+. The van der Waals surface area contributed by atoms with E-state index in [0.717, 1.165) is 11.1 Å². The van der Waals surface area contributed by atoms with Crippen molar-refractivity contribution in [2.24, 2.45) is 0 Å². The number of benzene rings is 3. The highest BCUT2D eigenvalue weighted by Crippen LogP contribution is 2.40. The van der Waals surface area contributed by atoms with Gasteiger partial charge in [-0.25, -0.2) is 0 Å². The number of ether oxygens (including phenoxy) is 6. The minimum absolute atomic E-state index is 0.114. The van der Waals surface area contributed by atoms with Crippen molar-refractivity contribution in [3.63, 3.8) is 0 Å². The summed E-state index contributed by atoms with van der Waals surface area (Å²) in [5.41, 5.74) is 2.40. The third kappa shape index (κ3) is 6.31. The lowest BCUT2D eigenvalue weighted by molar-refractivity contribution is -0.111. The number of nitrogens with one attached hydrogen (secondary N) is 1. The monoisotopic (exact) mass is 521 g/mol. The Bertz CT molecular complexity index is 1320. The van der Waals surface area contributed by atoms with Gasteiger partial charge in [-0.15, -0.1) is 0 Å². The van der Waals surface area contributed by atoms with Crippen molar-refractivity contribution < 1.29 is 38.3 Å². The fourth-order valence-corrected chi connectivity index (χ4v) is 3.74. The summed E-state index contributed by atoms with van der Waals surface area (Å²) >= 11 is 0. The molecule has 0 heterocycles. The van der Waals surface area contributed by atoms with Crippen molar-refractivity contribution in [3.05, 3.63) is 65.2 Å². The molecular formula is C29H31NO8.